The van der Waals surface area contributed by atoms with Gasteiger partial charge in [0.2, 0.25) is 0 Å². The third-order valence-electron chi connectivity index (χ3n) is 3.51. The molecule has 0 saturated heterocycles. The second-order valence-corrected chi connectivity index (χ2v) is 6.44. The van der Waals surface area contributed by atoms with Crippen molar-refractivity contribution in [1.29, 1.82) is 0 Å². The lowest BCUT2D eigenvalue weighted by Crippen LogP contribution is -2.43. The Balaban J connectivity index is 2.10. The quantitative estimate of drug-likeness (QED) is 0.804. The van der Waals surface area contributed by atoms with Crippen LogP contribution in [0.4, 0.5) is 0 Å². The highest BCUT2D eigenvalue weighted by Gasteiger charge is 2.33. The Bertz CT molecular complexity index is 352. The molecule has 1 saturated carbocycles. The predicted octanol–water partition coefficient (Wildman–Crippen LogP) is 3.61. The number of hydrogen-bond donors (Lipinski definition) is 1. The molecule has 0 atom stereocenters. The van der Waals surface area contributed by atoms with Crippen molar-refractivity contribution < 1.29 is 0 Å². The summed E-state index contributed by atoms with van der Waals surface area (Å²) in [5.41, 5.74) is 9.38. The van der Waals surface area contributed by atoms with Gasteiger partial charge in [-0.3, -0.25) is 0 Å². The smallest absolute Gasteiger partial charge is 0.0409 e. The van der Waals surface area contributed by atoms with Gasteiger partial charge in [0.1, 0.15) is 0 Å². The topological polar surface area (TPSA) is 26.0 Å². The highest BCUT2D eigenvalue weighted by molar-refractivity contribution is 5.30. The number of benzene rings is 1. The monoisotopic (exact) mass is 217 g/mol. The zero-order chi connectivity index (χ0) is 11.8. The molecule has 1 heteroatoms. The second-order valence-electron chi connectivity index (χ2n) is 6.44. The molecule has 0 bridgehead atoms. The third kappa shape index (κ3) is 2.46. The lowest BCUT2D eigenvalue weighted by molar-refractivity contribution is 0.253. The van der Waals surface area contributed by atoms with Gasteiger partial charge in [0.25, 0.3) is 0 Å². The Labute approximate surface area is 99.0 Å². The summed E-state index contributed by atoms with van der Waals surface area (Å²) in [6, 6.07) is 8.93. The van der Waals surface area contributed by atoms with Crippen LogP contribution in [0.15, 0.2) is 24.3 Å². The molecule has 0 heterocycles. The maximum absolute atomic E-state index is 6.30. The number of hydrogen-bond acceptors (Lipinski definition) is 1. The standard InChI is InChI=1S/C15H23N/c1-14(2,3)11-12-5-7-13(8-6-12)15(16)9-4-10-15/h5-8H,4,9-11,16H2,1-3H3. The zero-order valence-electron chi connectivity index (χ0n) is 10.7. The van der Waals surface area contributed by atoms with E-state index in [9.17, 15) is 0 Å². The van der Waals surface area contributed by atoms with Crippen molar-refractivity contribution in [1.82, 2.24) is 0 Å². The van der Waals surface area contributed by atoms with Crippen molar-refractivity contribution in [2.45, 2.75) is 52.0 Å². The first-order chi connectivity index (χ1) is 7.39. The Morgan fingerprint density at radius 2 is 1.69 bits per heavy atom. The highest BCUT2D eigenvalue weighted by Crippen LogP contribution is 2.38. The van der Waals surface area contributed by atoms with Gasteiger partial charge in [0, 0.05) is 5.54 Å². The van der Waals surface area contributed by atoms with Crippen LogP contribution >= 0.6 is 0 Å². The molecule has 16 heavy (non-hydrogen) atoms. The third-order valence-corrected chi connectivity index (χ3v) is 3.51. The van der Waals surface area contributed by atoms with Gasteiger partial charge in [0.05, 0.1) is 0 Å². The molecule has 1 aromatic carbocycles. The SMILES string of the molecule is CC(C)(C)Cc1ccc(C2(N)CCC2)cc1. The first-order valence-corrected chi connectivity index (χ1v) is 6.27. The summed E-state index contributed by atoms with van der Waals surface area (Å²) < 4.78 is 0. The minimum Gasteiger partial charge on any atom is -0.321 e. The van der Waals surface area contributed by atoms with Crippen LogP contribution in [-0.4, -0.2) is 0 Å². The zero-order valence-corrected chi connectivity index (χ0v) is 10.7. The minimum atomic E-state index is -0.0136. The molecule has 0 amide bonds. The predicted molar refractivity (Wildman–Crippen MR) is 69.3 cm³/mol. The molecule has 88 valence electrons. The van der Waals surface area contributed by atoms with Gasteiger partial charge in [-0.05, 0) is 42.2 Å². The van der Waals surface area contributed by atoms with Crippen molar-refractivity contribution in [2.75, 3.05) is 0 Å². The number of rotatable bonds is 2. The first kappa shape index (κ1) is 11.7. The first-order valence-electron chi connectivity index (χ1n) is 6.27. The Morgan fingerprint density at radius 1 is 1.12 bits per heavy atom. The van der Waals surface area contributed by atoms with E-state index in [4.69, 9.17) is 5.73 Å². The van der Waals surface area contributed by atoms with Gasteiger partial charge in [-0.1, -0.05) is 45.0 Å². The van der Waals surface area contributed by atoms with E-state index in [1.54, 1.807) is 0 Å². The molecule has 2 rings (SSSR count). The molecule has 1 aromatic rings. The van der Waals surface area contributed by atoms with Crippen molar-refractivity contribution in [3.8, 4) is 0 Å². The summed E-state index contributed by atoms with van der Waals surface area (Å²) >= 11 is 0. The Hall–Kier alpha value is -0.820. The highest BCUT2D eigenvalue weighted by atomic mass is 14.8. The summed E-state index contributed by atoms with van der Waals surface area (Å²) in [7, 11) is 0. The van der Waals surface area contributed by atoms with E-state index in [2.05, 4.69) is 45.0 Å². The average Bonchev–Trinajstić information content (AvgIpc) is 2.13. The molecule has 0 spiro atoms. The molecule has 0 unspecified atom stereocenters. The van der Waals surface area contributed by atoms with Crippen LogP contribution in [0.1, 0.15) is 51.2 Å². The fourth-order valence-electron chi connectivity index (χ4n) is 2.41. The summed E-state index contributed by atoms with van der Waals surface area (Å²) in [5, 5.41) is 0. The van der Waals surface area contributed by atoms with E-state index in [0.29, 0.717) is 5.41 Å². The second kappa shape index (κ2) is 3.89. The molecule has 0 aromatic heterocycles. The van der Waals surface area contributed by atoms with E-state index in [0.717, 1.165) is 19.3 Å². The van der Waals surface area contributed by atoms with Gasteiger partial charge in [-0.15, -0.1) is 0 Å². The number of nitrogens with two attached hydrogens (primary N) is 1. The fraction of sp³-hybridized carbons (Fsp3) is 0.600. The van der Waals surface area contributed by atoms with Gasteiger partial charge in [0.15, 0.2) is 0 Å². The van der Waals surface area contributed by atoms with E-state index in [1.165, 1.54) is 17.5 Å². The van der Waals surface area contributed by atoms with Crippen LogP contribution in [0.3, 0.4) is 0 Å². The molecule has 2 N–H and O–H groups in total. The lowest BCUT2D eigenvalue weighted by Gasteiger charge is -2.38. The average molecular weight is 217 g/mol. The molecule has 0 radical (unpaired) electrons. The van der Waals surface area contributed by atoms with E-state index in [-0.39, 0.29) is 5.54 Å². The molecule has 1 nitrogen and oxygen atoms in total. The molecule has 1 fully saturated rings. The normalized spacial score (nSPS) is 19.2. The largest absolute Gasteiger partial charge is 0.321 e. The molecule has 1 aliphatic carbocycles. The summed E-state index contributed by atoms with van der Waals surface area (Å²) in [4.78, 5) is 0. The molecule has 1 aliphatic rings. The Kier molecular flexibility index (Phi) is 2.83. The van der Waals surface area contributed by atoms with Gasteiger partial charge in [-0.2, -0.15) is 0 Å². The van der Waals surface area contributed by atoms with Crippen LogP contribution in [0, 0.1) is 5.41 Å². The van der Waals surface area contributed by atoms with E-state index in [1.807, 2.05) is 0 Å². The molecular formula is C15H23N. The van der Waals surface area contributed by atoms with Crippen LogP contribution < -0.4 is 5.73 Å². The van der Waals surface area contributed by atoms with Crippen LogP contribution in [0.25, 0.3) is 0 Å². The summed E-state index contributed by atoms with van der Waals surface area (Å²) in [6.07, 6.45) is 4.70. The van der Waals surface area contributed by atoms with Gasteiger partial charge >= 0.3 is 0 Å². The van der Waals surface area contributed by atoms with Crippen LogP contribution in [0.5, 0.6) is 0 Å². The Morgan fingerprint density at radius 3 is 2.06 bits per heavy atom. The van der Waals surface area contributed by atoms with E-state index >= 15 is 0 Å². The van der Waals surface area contributed by atoms with Crippen molar-refractivity contribution >= 4 is 0 Å². The summed E-state index contributed by atoms with van der Waals surface area (Å²) in [5.74, 6) is 0. The molecular weight excluding hydrogens is 194 g/mol. The van der Waals surface area contributed by atoms with Gasteiger partial charge in [-0.25, -0.2) is 0 Å². The lowest BCUT2D eigenvalue weighted by atomic mass is 9.72. The molecule has 0 aliphatic heterocycles. The maximum Gasteiger partial charge on any atom is 0.0409 e. The van der Waals surface area contributed by atoms with E-state index < -0.39 is 0 Å². The minimum absolute atomic E-state index is 0.0136. The van der Waals surface area contributed by atoms with Crippen molar-refractivity contribution in [3.05, 3.63) is 35.4 Å². The maximum atomic E-state index is 6.30. The van der Waals surface area contributed by atoms with Gasteiger partial charge < -0.3 is 5.73 Å². The summed E-state index contributed by atoms with van der Waals surface area (Å²) in [6.45, 7) is 6.83. The van der Waals surface area contributed by atoms with Crippen molar-refractivity contribution in [2.24, 2.45) is 11.1 Å². The van der Waals surface area contributed by atoms with Crippen molar-refractivity contribution in [3.63, 3.8) is 0 Å². The van der Waals surface area contributed by atoms with Crippen LogP contribution in [0.2, 0.25) is 0 Å². The van der Waals surface area contributed by atoms with Crippen LogP contribution in [-0.2, 0) is 12.0 Å². The fourth-order valence-corrected chi connectivity index (χ4v) is 2.41.